The summed E-state index contributed by atoms with van der Waals surface area (Å²) in [5, 5.41) is 3.44. The lowest BCUT2D eigenvalue weighted by molar-refractivity contribution is -0.147. The Morgan fingerprint density at radius 2 is 1.61 bits per heavy atom. The molecule has 0 atom stereocenters. The van der Waals surface area contributed by atoms with Crippen LogP contribution >= 0.6 is 0 Å². The van der Waals surface area contributed by atoms with Crippen LogP contribution in [0.25, 0.3) is 0 Å². The summed E-state index contributed by atoms with van der Waals surface area (Å²) < 4.78 is 11.1. The van der Waals surface area contributed by atoms with Crippen molar-refractivity contribution in [2.75, 3.05) is 7.11 Å². The molecule has 1 N–H and O–H groups in total. The van der Waals surface area contributed by atoms with Crippen LogP contribution < -0.4 is 14.8 Å². The third-order valence-electron chi connectivity index (χ3n) is 7.62. The van der Waals surface area contributed by atoms with Crippen molar-refractivity contribution in [1.82, 2.24) is 15.3 Å². The zero-order valence-electron chi connectivity index (χ0n) is 16.7. The summed E-state index contributed by atoms with van der Waals surface area (Å²) in [5.41, 5.74) is -0.0434. The molecule has 0 unspecified atom stereocenters. The molecule has 1 amide bonds. The molecular formula is C22H31N3O3. The monoisotopic (exact) mass is 385 g/mol. The van der Waals surface area contributed by atoms with Crippen molar-refractivity contribution in [2.24, 2.45) is 23.2 Å². The fraction of sp³-hybridized carbons (Fsp3) is 0.773. The summed E-state index contributed by atoms with van der Waals surface area (Å²) in [6.07, 6.45) is 14.7. The van der Waals surface area contributed by atoms with Gasteiger partial charge in [-0.25, -0.2) is 0 Å². The molecule has 0 aromatic carbocycles. The number of aromatic nitrogens is 2. The molecule has 4 bridgehead atoms. The second kappa shape index (κ2) is 7.20. The molecule has 5 saturated carbocycles. The van der Waals surface area contributed by atoms with Crippen molar-refractivity contribution in [3.63, 3.8) is 0 Å². The Morgan fingerprint density at radius 3 is 2.21 bits per heavy atom. The molecular weight excluding hydrogens is 354 g/mol. The highest BCUT2D eigenvalue weighted by atomic mass is 16.5. The van der Waals surface area contributed by atoms with E-state index in [2.05, 4.69) is 15.3 Å². The summed E-state index contributed by atoms with van der Waals surface area (Å²) in [6, 6.07) is 0.289. The van der Waals surface area contributed by atoms with Gasteiger partial charge in [-0.1, -0.05) is 0 Å². The van der Waals surface area contributed by atoms with Gasteiger partial charge in [-0.2, -0.15) is 4.98 Å². The largest absolute Gasteiger partial charge is 0.480 e. The van der Waals surface area contributed by atoms with Crippen molar-refractivity contribution in [3.8, 4) is 11.8 Å². The van der Waals surface area contributed by atoms with Crippen LogP contribution in [0.1, 0.15) is 64.2 Å². The number of rotatable bonds is 5. The Morgan fingerprint density at radius 1 is 1.00 bits per heavy atom. The highest BCUT2D eigenvalue weighted by Gasteiger charge is 2.54. The summed E-state index contributed by atoms with van der Waals surface area (Å²) >= 11 is 0. The third-order valence-corrected chi connectivity index (χ3v) is 7.62. The van der Waals surface area contributed by atoms with Crippen molar-refractivity contribution >= 4 is 5.91 Å². The Labute approximate surface area is 166 Å². The third kappa shape index (κ3) is 3.46. The van der Waals surface area contributed by atoms with Crippen molar-refractivity contribution < 1.29 is 14.3 Å². The number of hydrogen-bond donors (Lipinski definition) is 1. The number of nitrogens with one attached hydrogen (secondary N) is 1. The predicted molar refractivity (Wildman–Crippen MR) is 104 cm³/mol. The van der Waals surface area contributed by atoms with Crippen molar-refractivity contribution in [3.05, 3.63) is 12.4 Å². The van der Waals surface area contributed by atoms with Crippen LogP contribution in [0.4, 0.5) is 0 Å². The Hall–Kier alpha value is -1.85. The zero-order valence-corrected chi connectivity index (χ0v) is 16.7. The minimum Gasteiger partial charge on any atom is -0.480 e. The van der Waals surface area contributed by atoms with Crippen LogP contribution in [0.2, 0.25) is 0 Å². The minimum atomic E-state index is -0.0434. The lowest BCUT2D eigenvalue weighted by atomic mass is 9.49. The predicted octanol–water partition coefficient (Wildman–Crippen LogP) is 3.51. The Kier molecular flexibility index (Phi) is 4.68. The van der Waals surface area contributed by atoms with Crippen molar-refractivity contribution in [2.45, 2.75) is 76.4 Å². The summed E-state index contributed by atoms with van der Waals surface area (Å²) in [4.78, 5) is 21.6. The molecule has 6 heteroatoms. The average molecular weight is 386 g/mol. The first-order valence-corrected chi connectivity index (χ1v) is 11.0. The molecule has 0 saturated heterocycles. The second-order valence-corrected chi connectivity index (χ2v) is 9.66. The van der Waals surface area contributed by atoms with Gasteiger partial charge in [0.1, 0.15) is 6.10 Å². The fourth-order valence-electron chi connectivity index (χ4n) is 6.71. The average Bonchev–Trinajstić information content (AvgIpc) is 2.68. The van der Waals surface area contributed by atoms with Gasteiger partial charge in [0.15, 0.2) is 0 Å². The van der Waals surface area contributed by atoms with Gasteiger partial charge in [0, 0.05) is 11.5 Å². The van der Waals surface area contributed by atoms with Crippen LogP contribution in [0.15, 0.2) is 12.4 Å². The quantitative estimate of drug-likeness (QED) is 0.840. The minimum absolute atomic E-state index is 0.0434. The Bertz CT molecular complexity index is 694. The van der Waals surface area contributed by atoms with E-state index in [9.17, 15) is 4.79 Å². The van der Waals surface area contributed by atoms with Gasteiger partial charge in [-0.05, 0) is 82.0 Å². The number of amides is 1. The fourth-order valence-corrected chi connectivity index (χ4v) is 6.71. The topological polar surface area (TPSA) is 73.3 Å². The molecule has 5 aliphatic carbocycles. The summed E-state index contributed by atoms with van der Waals surface area (Å²) in [6.45, 7) is 0. The van der Waals surface area contributed by atoms with E-state index >= 15 is 0 Å². The van der Waals surface area contributed by atoms with Crippen LogP contribution in [0.3, 0.4) is 0 Å². The van der Waals surface area contributed by atoms with E-state index in [0.717, 1.165) is 62.7 Å². The highest BCUT2D eigenvalue weighted by molar-refractivity contribution is 5.83. The van der Waals surface area contributed by atoms with Gasteiger partial charge in [0.05, 0.1) is 19.5 Å². The van der Waals surface area contributed by atoms with E-state index < -0.39 is 0 Å². The van der Waals surface area contributed by atoms with Crippen LogP contribution in [0, 0.1) is 23.2 Å². The number of nitrogens with zero attached hydrogens (tertiary/aromatic N) is 2. The molecule has 1 heterocycles. The molecule has 6 rings (SSSR count). The maximum atomic E-state index is 13.2. The first-order chi connectivity index (χ1) is 13.6. The molecule has 1 aromatic rings. The second-order valence-electron chi connectivity index (χ2n) is 9.66. The molecule has 152 valence electrons. The summed E-state index contributed by atoms with van der Waals surface area (Å²) in [7, 11) is 1.57. The molecule has 5 aliphatic rings. The normalized spacial score (nSPS) is 38.8. The van der Waals surface area contributed by atoms with E-state index in [1.165, 1.54) is 19.3 Å². The first-order valence-electron chi connectivity index (χ1n) is 11.0. The van der Waals surface area contributed by atoms with E-state index in [0.29, 0.717) is 17.7 Å². The highest BCUT2D eigenvalue weighted by Crippen LogP contribution is 2.60. The number of hydrogen-bond acceptors (Lipinski definition) is 5. The molecule has 0 spiro atoms. The van der Waals surface area contributed by atoms with E-state index in [4.69, 9.17) is 9.47 Å². The SMILES string of the molecule is COc1cncc(OC2CCC(NC(=O)C34CC5CC(CC(C5)C3)C4)CC2)n1. The smallest absolute Gasteiger partial charge is 0.235 e. The Balaban J connectivity index is 1.14. The molecule has 1 aromatic heterocycles. The lowest BCUT2D eigenvalue weighted by Gasteiger charge is -2.56. The van der Waals surface area contributed by atoms with Gasteiger partial charge in [-0.15, -0.1) is 0 Å². The maximum Gasteiger partial charge on any atom is 0.235 e. The maximum absolute atomic E-state index is 13.2. The number of ether oxygens (including phenoxy) is 2. The van der Waals surface area contributed by atoms with Gasteiger partial charge in [0.25, 0.3) is 0 Å². The lowest BCUT2D eigenvalue weighted by Crippen LogP contribution is -2.55. The van der Waals surface area contributed by atoms with Crippen LogP contribution in [-0.2, 0) is 4.79 Å². The molecule has 5 fully saturated rings. The van der Waals surface area contributed by atoms with Gasteiger partial charge in [-0.3, -0.25) is 9.78 Å². The number of methoxy groups -OCH3 is 1. The molecule has 28 heavy (non-hydrogen) atoms. The molecule has 0 aliphatic heterocycles. The summed E-state index contributed by atoms with van der Waals surface area (Å²) in [5.74, 6) is 3.77. The standard InChI is InChI=1S/C22H31N3O3/c1-27-19-12-23-13-20(25-19)28-18-4-2-17(3-5-18)24-21(26)22-9-14-6-15(10-22)8-16(7-14)11-22/h12-18H,2-11H2,1H3,(H,24,26). The number of carbonyl (C=O) groups excluding carboxylic acids is 1. The van der Waals surface area contributed by atoms with Gasteiger partial charge < -0.3 is 14.8 Å². The van der Waals surface area contributed by atoms with Crippen LogP contribution in [-0.4, -0.2) is 35.1 Å². The number of carbonyl (C=O) groups is 1. The van der Waals surface area contributed by atoms with Gasteiger partial charge in [0.2, 0.25) is 17.7 Å². The molecule has 0 radical (unpaired) electrons. The first kappa shape index (κ1) is 18.2. The van der Waals surface area contributed by atoms with E-state index in [1.54, 1.807) is 19.5 Å². The van der Waals surface area contributed by atoms with Crippen molar-refractivity contribution in [1.29, 1.82) is 0 Å². The van der Waals surface area contributed by atoms with E-state index in [1.807, 2.05) is 0 Å². The molecule has 6 nitrogen and oxygen atoms in total. The van der Waals surface area contributed by atoms with E-state index in [-0.39, 0.29) is 17.6 Å². The zero-order chi connectivity index (χ0) is 19.1. The van der Waals surface area contributed by atoms with Gasteiger partial charge >= 0.3 is 0 Å². The van der Waals surface area contributed by atoms with Crippen LogP contribution in [0.5, 0.6) is 11.8 Å².